The summed E-state index contributed by atoms with van der Waals surface area (Å²) in [5.41, 5.74) is -0.234. The number of hydrogen-bond acceptors (Lipinski definition) is 5. The van der Waals surface area contributed by atoms with Crippen LogP contribution in [0, 0.1) is 10.1 Å². The van der Waals surface area contributed by atoms with Crippen LogP contribution in [-0.2, 0) is 4.74 Å². The Balaban J connectivity index is 2.06. The van der Waals surface area contributed by atoms with Gasteiger partial charge in [-0.2, -0.15) is 0 Å². The minimum atomic E-state index is -0.922. The number of hydrogen-bond donors (Lipinski definition) is 0. The van der Waals surface area contributed by atoms with Gasteiger partial charge in [-0.3, -0.25) is 14.9 Å². The molecule has 0 aromatic heterocycles. The molecule has 2 aromatic rings. The summed E-state index contributed by atoms with van der Waals surface area (Å²) in [5, 5.41) is 11.3. The fraction of sp³-hybridized carbons (Fsp3) is 0.0667. The van der Waals surface area contributed by atoms with Crippen LogP contribution in [-0.4, -0.2) is 23.3 Å². The molecular formula is C15H10ClNO5. The SMILES string of the molecule is O=C(COC(=O)c1ccccc1[N+](=O)[O-])c1ccc(Cl)cc1. The van der Waals surface area contributed by atoms with Gasteiger partial charge in [-0.05, 0) is 30.3 Å². The third-order valence-electron chi connectivity index (χ3n) is 2.82. The lowest BCUT2D eigenvalue weighted by Gasteiger charge is -2.05. The zero-order chi connectivity index (χ0) is 16.1. The van der Waals surface area contributed by atoms with E-state index in [0.717, 1.165) is 0 Å². The van der Waals surface area contributed by atoms with Crippen LogP contribution in [0.1, 0.15) is 20.7 Å². The monoisotopic (exact) mass is 319 g/mol. The highest BCUT2D eigenvalue weighted by Crippen LogP contribution is 2.18. The summed E-state index contributed by atoms with van der Waals surface area (Å²) < 4.78 is 4.84. The van der Waals surface area contributed by atoms with Gasteiger partial charge in [-0.25, -0.2) is 4.79 Å². The Morgan fingerprint density at radius 1 is 1.09 bits per heavy atom. The lowest BCUT2D eigenvalue weighted by Crippen LogP contribution is -2.15. The van der Waals surface area contributed by atoms with Gasteiger partial charge in [0.1, 0.15) is 5.56 Å². The normalized spacial score (nSPS) is 10.0. The number of nitro benzene ring substituents is 1. The summed E-state index contributed by atoms with van der Waals surface area (Å²) in [5.74, 6) is -1.35. The first kappa shape index (κ1) is 15.7. The molecule has 0 radical (unpaired) electrons. The number of ketones is 1. The third-order valence-corrected chi connectivity index (χ3v) is 3.07. The molecule has 0 bridgehead atoms. The molecule has 0 aliphatic heterocycles. The van der Waals surface area contributed by atoms with Crippen molar-refractivity contribution in [2.75, 3.05) is 6.61 Å². The van der Waals surface area contributed by atoms with Gasteiger partial charge in [0.05, 0.1) is 4.92 Å². The maximum absolute atomic E-state index is 11.9. The molecule has 112 valence electrons. The lowest BCUT2D eigenvalue weighted by molar-refractivity contribution is -0.385. The average molecular weight is 320 g/mol. The minimum Gasteiger partial charge on any atom is -0.454 e. The van der Waals surface area contributed by atoms with Crippen LogP contribution in [0.5, 0.6) is 0 Å². The van der Waals surface area contributed by atoms with Crippen molar-refractivity contribution < 1.29 is 19.2 Å². The number of benzene rings is 2. The van der Waals surface area contributed by atoms with Gasteiger partial charge in [0.15, 0.2) is 12.4 Å². The second kappa shape index (κ2) is 6.82. The van der Waals surface area contributed by atoms with Crippen molar-refractivity contribution in [3.63, 3.8) is 0 Å². The lowest BCUT2D eigenvalue weighted by atomic mass is 10.1. The van der Waals surface area contributed by atoms with Crippen molar-refractivity contribution in [1.82, 2.24) is 0 Å². The van der Waals surface area contributed by atoms with E-state index in [0.29, 0.717) is 10.6 Å². The summed E-state index contributed by atoms with van der Waals surface area (Å²) in [6.07, 6.45) is 0. The van der Waals surface area contributed by atoms with Crippen LogP contribution in [0.3, 0.4) is 0 Å². The molecule has 2 aromatic carbocycles. The molecule has 0 unspecified atom stereocenters. The van der Waals surface area contributed by atoms with Gasteiger partial charge >= 0.3 is 5.97 Å². The second-order valence-electron chi connectivity index (χ2n) is 4.28. The Bertz CT molecular complexity index is 727. The van der Waals surface area contributed by atoms with Crippen molar-refractivity contribution in [2.24, 2.45) is 0 Å². The Labute approximate surface area is 130 Å². The topological polar surface area (TPSA) is 86.5 Å². The fourth-order valence-corrected chi connectivity index (χ4v) is 1.86. The number of carbonyl (C=O) groups is 2. The summed E-state index contributed by atoms with van der Waals surface area (Å²) in [4.78, 5) is 33.9. The molecular weight excluding hydrogens is 310 g/mol. The van der Waals surface area contributed by atoms with Crippen LogP contribution < -0.4 is 0 Å². The second-order valence-corrected chi connectivity index (χ2v) is 4.72. The molecule has 0 spiro atoms. The van der Waals surface area contributed by atoms with Gasteiger partial charge in [-0.15, -0.1) is 0 Å². The summed E-state index contributed by atoms with van der Waals surface area (Å²) in [6.45, 7) is -0.507. The fourth-order valence-electron chi connectivity index (χ4n) is 1.73. The first-order valence-corrected chi connectivity index (χ1v) is 6.56. The first-order chi connectivity index (χ1) is 10.5. The number of halogens is 1. The number of rotatable bonds is 5. The Kier molecular flexibility index (Phi) is 4.85. The van der Waals surface area contributed by atoms with Crippen LogP contribution in [0.4, 0.5) is 5.69 Å². The van der Waals surface area contributed by atoms with Crippen molar-refractivity contribution in [3.05, 3.63) is 74.8 Å². The predicted molar refractivity (Wildman–Crippen MR) is 79.2 cm³/mol. The molecule has 0 saturated carbocycles. The summed E-state index contributed by atoms with van der Waals surface area (Å²) >= 11 is 5.71. The van der Waals surface area contributed by atoms with Gasteiger partial charge in [0.2, 0.25) is 0 Å². The van der Waals surface area contributed by atoms with E-state index in [1.54, 1.807) is 12.1 Å². The molecule has 0 amide bonds. The van der Waals surface area contributed by atoms with Crippen molar-refractivity contribution >= 4 is 29.0 Å². The molecule has 7 heteroatoms. The zero-order valence-corrected chi connectivity index (χ0v) is 11.9. The van der Waals surface area contributed by atoms with E-state index in [1.165, 1.54) is 36.4 Å². The number of carbonyl (C=O) groups excluding carboxylic acids is 2. The number of Topliss-reactive ketones (excluding diaryl/α,β-unsaturated/α-hetero) is 1. The molecule has 2 rings (SSSR count). The Morgan fingerprint density at radius 3 is 2.36 bits per heavy atom. The van der Waals surface area contributed by atoms with E-state index in [1.807, 2.05) is 0 Å². The molecule has 6 nitrogen and oxygen atoms in total. The molecule has 0 atom stereocenters. The number of para-hydroxylation sites is 1. The maximum Gasteiger partial charge on any atom is 0.345 e. The Morgan fingerprint density at radius 2 is 1.73 bits per heavy atom. The van der Waals surface area contributed by atoms with E-state index in [2.05, 4.69) is 0 Å². The number of esters is 1. The smallest absolute Gasteiger partial charge is 0.345 e. The van der Waals surface area contributed by atoms with Crippen LogP contribution in [0.2, 0.25) is 5.02 Å². The van der Waals surface area contributed by atoms with Gasteiger partial charge < -0.3 is 4.74 Å². The van der Waals surface area contributed by atoms with Crippen molar-refractivity contribution in [1.29, 1.82) is 0 Å². The molecule has 0 aliphatic rings. The molecule has 0 saturated heterocycles. The molecule has 0 heterocycles. The van der Waals surface area contributed by atoms with Crippen molar-refractivity contribution in [2.45, 2.75) is 0 Å². The third kappa shape index (κ3) is 3.67. The van der Waals surface area contributed by atoms with E-state index in [4.69, 9.17) is 16.3 Å². The molecule has 22 heavy (non-hydrogen) atoms. The predicted octanol–water partition coefficient (Wildman–Crippen LogP) is 3.29. The summed E-state index contributed by atoms with van der Waals surface area (Å²) in [6, 6.07) is 11.5. The largest absolute Gasteiger partial charge is 0.454 e. The summed E-state index contributed by atoms with van der Waals surface area (Å²) in [7, 11) is 0. The van der Waals surface area contributed by atoms with Crippen LogP contribution in [0.25, 0.3) is 0 Å². The van der Waals surface area contributed by atoms with Gasteiger partial charge in [0, 0.05) is 16.7 Å². The van der Waals surface area contributed by atoms with Crippen molar-refractivity contribution in [3.8, 4) is 0 Å². The van der Waals surface area contributed by atoms with Crippen LogP contribution in [0.15, 0.2) is 48.5 Å². The minimum absolute atomic E-state index is 0.198. The first-order valence-electron chi connectivity index (χ1n) is 6.18. The number of ether oxygens (including phenoxy) is 1. The average Bonchev–Trinajstić information content (AvgIpc) is 2.53. The highest BCUT2D eigenvalue weighted by Gasteiger charge is 2.21. The standard InChI is InChI=1S/C15H10ClNO5/c16-11-7-5-10(6-8-11)14(18)9-22-15(19)12-3-1-2-4-13(12)17(20)21/h1-8H,9H2. The van der Waals surface area contributed by atoms with Crippen LogP contribution >= 0.6 is 11.6 Å². The van der Waals surface area contributed by atoms with Gasteiger partial charge in [0.25, 0.3) is 5.69 Å². The number of nitro groups is 1. The molecule has 0 aliphatic carbocycles. The molecule has 0 N–H and O–H groups in total. The van der Waals surface area contributed by atoms with E-state index in [-0.39, 0.29) is 11.3 Å². The quantitative estimate of drug-likeness (QED) is 0.365. The van der Waals surface area contributed by atoms with Gasteiger partial charge in [-0.1, -0.05) is 23.7 Å². The zero-order valence-electron chi connectivity index (χ0n) is 11.2. The molecule has 0 fully saturated rings. The van der Waals surface area contributed by atoms with E-state index < -0.39 is 23.3 Å². The van der Waals surface area contributed by atoms with E-state index >= 15 is 0 Å². The maximum atomic E-state index is 11.9. The number of nitrogens with zero attached hydrogens (tertiary/aromatic N) is 1. The highest BCUT2D eigenvalue weighted by molar-refractivity contribution is 6.30. The Hall–Kier alpha value is -2.73. The van der Waals surface area contributed by atoms with E-state index in [9.17, 15) is 19.7 Å². The highest BCUT2D eigenvalue weighted by atomic mass is 35.5.